The summed E-state index contributed by atoms with van der Waals surface area (Å²) in [7, 11) is 0. The van der Waals surface area contributed by atoms with E-state index in [0.717, 1.165) is 0 Å². The van der Waals surface area contributed by atoms with Gasteiger partial charge in [-0.1, -0.05) is 13.8 Å². The monoisotopic (exact) mass is 224 g/mol. The van der Waals surface area contributed by atoms with Gasteiger partial charge < -0.3 is 0 Å². The van der Waals surface area contributed by atoms with Gasteiger partial charge in [0.25, 0.3) is 0 Å². The Kier molecular flexibility index (Phi) is 4.07. The van der Waals surface area contributed by atoms with Crippen LogP contribution in [0.5, 0.6) is 0 Å². The highest BCUT2D eigenvalue weighted by atomic mass is 19.4. The van der Waals surface area contributed by atoms with Gasteiger partial charge in [-0.2, -0.15) is 18.4 Å². The molecule has 0 radical (unpaired) electrons. The maximum atomic E-state index is 12.7. The molecule has 0 N–H and O–H groups in total. The molecule has 1 atom stereocenters. The standard InChI is InChI=1S/C8H11F3N2O2/c1-6(2)7(3-4-12,5-13(14)15)8(9,10)11/h6H,3,5H2,1-2H3. The van der Waals surface area contributed by atoms with Gasteiger partial charge in [-0.15, -0.1) is 0 Å². The molecule has 0 fully saturated rings. The largest absolute Gasteiger partial charge is 0.402 e. The Bertz CT molecular complexity index is 283. The molecule has 0 aromatic rings. The van der Waals surface area contributed by atoms with Crippen LogP contribution in [0.4, 0.5) is 13.2 Å². The predicted molar refractivity (Wildman–Crippen MR) is 45.4 cm³/mol. The van der Waals surface area contributed by atoms with E-state index in [1.165, 1.54) is 19.9 Å². The SMILES string of the molecule is CC(C)C(CC#N)(C[N+](=O)[O-])C(F)(F)F. The van der Waals surface area contributed by atoms with Gasteiger partial charge in [-0.25, -0.2) is 0 Å². The van der Waals surface area contributed by atoms with Gasteiger partial charge >= 0.3 is 6.18 Å². The van der Waals surface area contributed by atoms with Crippen LogP contribution >= 0.6 is 0 Å². The molecule has 0 bridgehead atoms. The van der Waals surface area contributed by atoms with Gasteiger partial charge in [0.2, 0.25) is 6.54 Å². The molecular formula is C8H11F3N2O2. The van der Waals surface area contributed by atoms with Crippen molar-refractivity contribution in [2.75, 3.05) is 6.54 Å². The minimum Gasteiger partial charge on any atom is -0.265 e. The summed E-state index contributed by atoms with van der Waals surface area (Å²) in [5, 5.41) is 18.6. The highest BCUT2D eigenvalue weighted by Crippen LogP contribution is 2.46. The molecular weight excluding hydrogens is 213 g/mol. The van der Waals surface area contributed by atoms with Crippen molar-refractivity contribution < 1.29 is 18.1 Å². The van der Waals surface area contributed by atoms with E-state index >= 15 is 0 Å². The van der Waals surface area contributed by atoms with Crippen molar-refractivity contribution in [3.05, 3.63) is 10.1 Å². The molecule has 0 saturated carbocycles. The van der Waals surface area contributed by atoms with Crippen LogP contribution in [-0.2, 0) is 0 Å². The summed E-state index contributed by atoms with van der Waals surface area (Å²) >= 11 is 0. The molecule has 0 aliphatic heterocycles. The Morgan fingerprint density at radius 2 is 1.93 bits per heavy atom. The summed E-state index contributed by atoms with van der Waals surface area (Å²) in [5.74, 6) is -1.01. The molecule has 0 aliphatic carbocycles. The molecule has 0 amide bonds. The molecule has 1 unspecified atom stereocenters. The van der Waals surface area contributed by atoms with Crippen molar-refractivity contribution >= 4 is 0 Å². The highest BCUT2D eigenvalue weighted by Gasteiger charge is 2.60. The first-order chi connectivity index (χ1) is 6.67. The van der Waals surface area contributed by atoms with Crippen LogP contribution in [0.2, 0.25) is 0 Å². The van der Waals surface area contributed by atoms with E-state index in [1.807, 2.05) is 0 Å². The first kappa shape index (κ1) is 13.7. The first-order valence-electron chi connectivity index (χ1n) is 4.23. The second-order valence-corrected chi connectivity index (χ2v) is 3.63. The zero-order chi connectivity index (χ0) is 12.3. The van der Waals surface area contributed by atoms with Crippen LogP contribution in [0.15, 0.2) is 0 Å². The number of rotatable bonds is 4. The molecule has 0 aliphatic rings. The van der Waals surface area contributed by atoms with Gasteiger partial charge in [0.05, 0.1) is 12.5 Å². The van der Waals surface area contributed by atoms with Crippen molar-refractivity contribution in [2.45, 2.75) is 26.4 Å². The number of hydrogen-bond acceptors (Lipinski definition) is 3. The lowest BCUT2D eigenvalue weighted by Gasteiger charge is -2.33. The van der Waals surface area contributed by atoms with E-state index in [9.17, 15) is 23.3 Å². The predicted octanol–water partition coefficient (Wildman–Crippen LogP) is 2.38. The fraction of sp³-hybridized carbons (Fsp3) is 0.875. The van der Waals surface area contributed by atoms with E-state index < -0.39 is 35.4 Å². The van der Waals surface area contributed by atoms with Crippen LogP contribution in [0, 0.1) is 32.8 Å². The molecule has 0 aromatic heterocycles. The Hall–Kier alpha value is -1.32. The van der Waals surface area contributed by atoms with Crippen LogP contribution in [-0.4, -0.2) is 17.6 Å². The third-order valence-corrected chi connectivity index (χ3v) is 2.48. The van der Waals surface area contributed by atoms with Crippen LogP contribution in [0.25, 0.3) is 0 Å². The Morgan fingerprint density at radius 1 is 1.47 bits per heavy atom. The second kappa shape index (κ2) is 4.47. The summed E-state index contributed by atoms with van der Waals surface area (Å²) in [5.41, 5.74) is -2.55. The number of nitriles is 1. The summed E-state index contributed by atoms with van der Waals surface area (Å²) in [4.78, 5) is 9.21. The number of halogens is 3. The Morgan fingerprint density at radius 3 is 2.13 bits per heavy atom. The molecule has 0 spiro atoms. The van der Waals surface area contributed by atoms with Gasteiger partial charge in [0.15, 0.2) is 0 Å². The molecule has 86 valence electrons. The molecule has 0 rings (SSSR count). The molecule has 0 saturated heterocycles. The van der Waals surface area contributed by atoms with E-state index in [2.05, 4.69) is 0 Å². The Labute approximate surface area is 84.8 Å². The van der Waals surface area contributed by atoms with E-state index in [-0.39, 0.29) is 0 Å². The first-order valence-corrected chi connectivity index (χ1v) is 4.23. The third kappa shape index (κ3) is 2.81. The second-order valence-electron chi connectivity index (χ2n) is 3.63. The van der Waals surface area contributed by atoms with Gasteiger partial charge in [-0.05, 0) is 5.92 Å². The molecule has 7 heteroatoms. The Balaban J connectivity index is 5.29. The van der Waals surface area contributed by atoms with Crippen molar-refractivity contribution in [1.29, 1.82) is 5.26 Å². The van der Waals surface area contributed by atoms with Gasteiger partial charge in [-0.3, -0.25) is 10.1 Å². The fourth-order valence-corrected chi connectivity index (χ4v) is 1.33. The van der Waals surface area contributed by atoms with Crippen LogP contribution in [0.3, 0.4) is 0 Å². The van der Waals surface area contributed by atoms with Gasteiger partial charge in [0, 0.05) is 4.92 Å². The maximum absolute atomic E-state index is 12.7. The zero-order valence-electron chi connectivity index (χ0n) is 8.34. The third-order valence-electron chi connectivity index (χ3n) is 2.48. The van der Waals surface area contributed by atoms with Crippen molar-refractivity contribution in [3.63, 3.8) is 0 Å². The van der Waals surface area contributed by atoms with Crippen molar-refractivity contribution in [2.24, 2.45) is 11.3 Å². The van der Waals surface area contributed by atoms with Crippen molar-refractivity contribution in [3.8, 4) is 6.07 Å². The average Bonchev–Trinajstić information content (AvgIpc) is 1.99. The number of hydrogen-bond donors (Lipinski definition) is 0. The van der Waals surface area contributed by atoms with E-state index in [1.54, 1.807) is 0 Å². The number of nitrogens with zero attached hydrogens (tertiary/aromatic N) is 2. The molecule has 0 aromatic carbocycles. The molecule has 0 heterocycles. The summed E-state index contributed by atoms with van der Waals surface area (Å²) in [6, 6.07) is 1.38. The minimum absolute atomic E-state index is 0.894. The molecule has 15 heavy (non-hydrogen) atoms. The van der Waals surface area contributed by atoms with Gasteiger partial charge in [0.1, 0.15) is 5.41 Å². The highest BCUT2D eigenvalue weighted by molar-refractivity contribution is 4.96. The topological polar surface area (TPSA) is 66.9 Å². The molecule has 4 nitrogen and oxygen atoms in total. The maximum Gasteiger partial charge on any atom is 0.402 e. The zero-order valence-corrected chi connectivity index (χ0v) is 8.34. The average molecular weight is 224 g/mol. The van der Waals surface area contributed by atoms with Crippen LogP contribution in [0.1, 0.15) is 20.3 Å². The quantitative estimate of drug-likeness (QED) is 0.543. The van der Waals surface area contributed by atoms with E-state index in [4.69, 9.17) is 5.26 Å². The van der Waals surface area contributed by atoms with Crippen LogP contribution < -0.4 is 0 Å². The number of nitro groups is 1. The lowest BCUT2D eigenvalue weighted by atomic mass is 9.74. The summed E-state index contributed by atoms with van der Waals surface area (Å²) < 4.78 is 38.2. The van der Waals surface area contributed by atoms with E-state index in [0.29, 0.717) is 0 Å². The fourth-order valence-electron chi connectivity index (χ4n) is 1.33. The normalized spacial score (nSPS) is 15.8. The number of alkyl halides is 3. The lowest BCUT2D eigenvalue weighted by molar-refractivity contribution is -0.514. The summed E-state index contributed by atoms with van der Waals surface area (Å²) in [6.07, 6.45) is -5.64. The lowest BCUT2D eigenvalue weighted by Crippen LogP contribution is -2.47. The minimum atomic E-state index is -4.75. The van der Waals surface area contributed by atoms with Crippen molar-refractivity contribution in [1.82, 2.24) is 0 Å². The smallest absolute Gasteiger partial charge is 0.265 e. The summed E-state index contributed by atoms with van der Waals surface area (Å²) in [6.45, 7) is 1.20.